The van der Waals surface area contributed by atoms with Crippen LogP contribution < -0.4 is 0 Å². The lowest BCUT2D eigenvalue weighted by atomic mass is 9.85. The van der Waals surface area contributed by atoms with Crippen LogP contribution in [0.4, 0.5) is 0 Å². The average Bonchev–Trinajstić information content (AvgIpc) is 3.01. The van der Waals surface area contributed by atoms with E-state index in [1.54, 1.807) is 0 Å². The molecule has 2 aliphatic rings. The van der Waals surface area contributed by atoms with Crippen LogP contribution in [0.15, 0.2) is 66.7 Å². The van der Waals surface area contributed by atoms with Crippen molar-refractivity contribution in [2.45, 2.75) is 32.0 Å². The molecule has 1 heterocycles. The molecule has 0 saturated carbocycles. The van der Waals surface area contributed by atoms with Gasteiger partial charge in [0.25, 0.3) is 0 Å². The van der Waals surface area contributed by atoms with Crippen molar-refractivity contribution in [3.05, 3.63) is 83.4 Å². The molecule has 4 atom stereocenters. The Morgan fingerprint density at radius 3 is 2.20 bits per heavy atom. The van der Waals surface area contributed by atoms with E-state index < -0.39 is 6.10 Å². The number of carbonyl (C=O) groups excluding carboxylic acids is 2. The van der Waals surface area contributed by atoms with E-state index in [1.807, 2.05) is 73.7 Å². The lowest BCUT2D eigenvalue weighted by Gasteiger charge is -2.24. The molecule has 5 nitrogen and oxygen atoms in total. The van der Waals surface area contributed by atoms with E-state index >= 15 is 0 Å². The third-order valence-electron chi connectivity index (χ3n) is 6.02. The molecule has 1 aliphatic heterocycles. The second-order valence-electron chi connectivity index (χ2n) is 8.08. The standard InChI is InChI=1S/C25H27NO4/c1-17-9-5-6-12-20(17)23(18-10-3-2-4-11-18)30-16-19(27)15-26-24(28)21-13-7-8-14-22(21)25(26)29/h2-12,19,21-23,27H,13-16H2,1H3/t19-,21-,22+,23-/m1/s1. The summed E-state index contributed by atoms with van der Waals surface area (Å²) in [5, 5.41) is 10.6. The fourth-order valence-corrected chi connectivity index (χ4v) is 4.39. The molecule has 1 fully saturated rings. The van der Waals surface area contributed by atoms with Crippen molar-refractivity contribution in [3.63, 3.8) is 0 Å². The monoisotopic (exact) mass is 405 g/mol. The first-order valence-corrected chi connectivity index (χ1v) is 10.5. The first-order valence-electron chi connectivity index (χ1n) is 10.5. The number of aliphatic hydroxyl groups is 1. The number of carbonyl (C=O) groups is 2. The first kappa shape index (κ1) is 20.5. The molecule has 0 bridgehead atoms. The highest BCUT2D eigenvalue weighted by Gasteiger charge is 2.47. The predicted octanol–water partition coefficient (Wildman–Crippen LogP) is 3.41. The second-order valence-corrected chi connectivity index (χ2v) is 8.08. The van der Waals surface area contributed by atoms with Gasteiger partial charge in [0.05, 0.1) is 31.1 Å². The van der Waals surface area contributed by atoms with Crippen LogP contribution >= 0.6 is 0 Å². The largest absolute Gasteiger partial charge is 0.389 e. The molecule has 1 saturated heterocycles. The summed E-state index contributed by atoms with van der Waals surface area (Å²) in [6.07, 6.45) is 3.84. The number of imide groups is 1. The number of allylic oxidation sites excluding steroid dienone is 2. The van der Waals surface area contributed by atoms with Gasteiger partial charge >= 0.3 is 0 Å². The van der Waals surface area contributed by atoms with E-state index in [0.29, 0.717) is 12.8 Å². The van der Waals surface area contributed by atoms with Crippen molar-refractivity contribution < 1.29 is 19.4 Å². The summed E-state index contributed by atoms with van der Waals surface area (Å²) in [5.74, 6) is -0.905. The van der Waals surface area contributed by atoms with Crippen molar-refractivity contribution in [1.82, 2.24) is 4.90 Å². The number of aryl methyl sites for hydroxylation is 1. The van der Waals surface area contributed by atoms with Crippen LogP contribution in [0.2, 0.25) is 0 Å². The highest BCUT2D eigenvalue weighted by atomic mass is 16.5. The van der Waals surface area contributed by atoms with Gasteiger partial charge in [-0.15, -0.1) is 0 Å². The number of amides is 2. The molecule has 0 spiro atoms. The lowest BCUT2D eigenvalue weighted by Crippen LogP contribution is -2.39. The molecular formula is C25H27NO4. The molecule has 2 amide bonds. The molecule has 1 aliphatic carbocycles. The lowest BCUT2D eigenvalue weighted by molar-refractivity contribution is -0.142. The first-order chi connectivity index (χ1) is 14.6. The summed E-state index contributed by atoms with van der Waals surface area (Å²) in [6, 6.07) is 17.8. The number of hydrogen-bond donors (Lipinski definition) is 1. The molecule has 5 heteroatoms. The van der Waals surface area contributed by atoms with Gasteiger partial charge in [-0.1, -0.05) is 66.7 Å². The Morgan fingerprint density at radius 2 is 1.57 bits per heavy atom. The number of rotatable bonds is 7. The number of fused-ring (bicyclic) bond motifs is 1. The predicted molar refractivity (Wildman–Crippen MR) is 113 cm³/mol. The van der Waals surface area contributed by atoms with E-state index in [-0.39, 0.29) is 42.9 Å². The molecule has 0 unspecified atom stereocenters. The topological polar surface area (TPSA) is 66.8 Å². The minimum absolute atomic E-state index is 0.0263. The Bertz CT molecular complexity index is 913. The van der Waals surface area contributed by atoms with Crippen molar-refractivity contribution in [2.75, 3.05) is 13.2 Å². The van der Waals surface area contributed by atoms with Crippen molar-refractivity contribution in [2.24, 2.45) is 11.8 Å². The van der Waals surface area contributed by atoms with Crippen molar-refractivity contribution in [3.8, 4) is 0 Å². The maximum absolute atomic E-state index is 12.6. The van der Waals surface area contributed by atoms with Crippen LogP contribution in [0.3, 0.4) is 0 Å². The summed E-state index contributed by atoms with van der Waals surface area (Å²) in [4.78, 5) is 26.5. The third-order valence-corrected chi connectivity index (χ3v) is 6.02. The van der Waals surface area contributed by atoms with Gasteiger partial charge in [-0.3, -0.25) is 14.5 Å². The van der Waals surface area contributed by atoms with Gasteiger partial charge in [-0.25, -0.2) is 0 Å². The maximum Gasteiger partial charge on any atom is 0.233 e. The minimum Gasteiger partial charge on any atom is -0.389 e. The van der Waals surface area contributed by atoms with Gasteiger partial charge in [-0.05, 0) is 36.5 Å². The normalized spacial score (nSPS) is 22.8. The molecule has 1 N–H and O–H groups in total. The van der Waals surface area contributed by atoms with Crippen LogP contribution in [0.1, 0.15) is 35.6 Å². The summed E-state index contributed by atoms with van der Waals surface area (Å²) >= 11 is 0. The summed E-state index contributed by atoms with van der Waals surface area (Å²) in [5.41, 5.74) is 3.12. The molecule has 0 radical (unpaired) electrons. The SMILES string of the molecule is Cc1ccccc1[C@H](OC[C@H](O)CN1C(=O)[C@H]2CC=CC[C@H]2C1=O)c1ccccc1. The van der Waals surface area contributed by atoms with Gasteiger partial charge in [0, 0.05) is 0 Å². The minimum atomic E-state index is -0.943. The van der Waals surface area contributed by atoms with E-state index in [4.69, 9.17) is 4.74 Å². The van der Waals surface area contributed by atoms with Crippen LogP contribution in [0.5, 0.6) is 0 Å². The Morgan fingerprint density at radius 1 is 0.967 bits per heavy atom. The van der Waals surface area contributed by atoms with E-state index in [9.17, 15) is 14.7 Å². The van der Waals surface area contributed by atoms with Crippen LogP contribution in [0.25, 0.3) is 0 Å². The molecule has 156 valence electrons. The number of aliphatic hydroxyl groups excluding tert-OH is 1. The zero-order chi connectivity index (χ0) is 21.1. The molecule has 2 aromatic carbocycles. The van der Waals surface area contributed by atoms with Gasteiger partial charge in [0.2, 0.25) is 11.8 Å². The Labute approximate surface area is 177 Å². The smallest absolute Gasteiger partial charge is 0.233 e. The Balaban J connectivity index is 1.44. The van der Waals surface area contributed by atoms with Crippen molar-refractivity contribution >= 4 is 11.8 Å². The van der Waals surface area contributed by atoms with Crippen LogP contribution in [-0.2, 0) is 14.3 Å². The molecule has 4 rings (SSSR count). The Hall–Kier alpha value is -2.76. The van der Waals surface area contributed by atoms with Crippen molar-refractivity contribution in [1.29, 1.82) is 0 Å². The van der Waals surface area contributed by atoms with Crippen LogP contribution in [0, 0.1) is 18.8 Å². The van der Waals surface area contributed by atoms with Gasteiger partial charge < -0.3 is 9.84 Å². The Kier molecular flexibility index (Phi) is 6.11. The number of β-amino-alcohol motifs (C(OH)–C–C–N with tert-alkyl or cyclic N) is 1. The highest BCUT2D eigenvalue weighted by molar-refractivity contribution is 6.05. The summed E-state index contributed by atoms with van der Waals surface area (Å²) in [6.45, 7) is 2.03. The van der Waals surface area contributed by atoms with E-state index in [0.717, 1.165) is 16.7 Å². The molecule has 0 aromatic heterocycles. The number of benzene rings is 2. The molecule has 30 heavy (non-hydrogen) atoms. The number of hydrogen-bond acceptors (Lipinski definition) is 4. The van der Waals surface area contributed by atoms with E-state index in [1.165, 1.54) is 4.90 Å². The van der Waals surface area contributed by atoms with Gasteiger partial charge in [-0.2, -0.15) is 0 Å². The number of ether oxygens (including phenoxy) is 1. The fraction of sp³-hybridized carbons (Fsp3) is 0.360. The average molecular weight is 405 g/mol. The maximum atomic E-state index is 12.6. The molecule has 2 aromatic rings. The number of nitrogens with zero attached hydrogens (tertiary/aromatic N) is 1. The van der Waals surface area contributed by atoms with Crippen LogP contribution in [-0.4, -0.2) is 41.1 Å². The summed E-state index contributed by atoms with van der Waals surface area (Å²) < 4.78 is 6.14. The zero-order valence-corrected chi connectivity index (χ0v) is 17.1. The fourth-order valence-electron chi connectivity index (χ4n) is 4.39. The second kappa shape index (κ2) is 8.94. The van der Waals surface area contributed by atoms with E-state index in [2.05, 4.69) is 0 Å². The quantitative estimate of drug-likeness (QED) is 0.566. The third kappa shape index (κ3) is 4.09. The zero-order valence-electron chi connectivity index (χ0n) is 17.1. The highest BCUT2D eigenvalue weighted by Crippen LogP contribution is 2.35. The molecular weight excluding hydrogens is 378 g/mol. The van der Waals surface area contributed by atoms with Gasteiger partial charge in [0.1, 0.15) is 6.10 Å². The van der Waals surface area contributed by atoms with Gasteiger partial charge in [0.15, 0.2) is 0 Å². The summed E-state index contributed by atoms with van der Waals surface area (Å²) in [7, 11) is 0. The number of likely N-dealkylation sites (tertiary alicyclic amines) is 1.